The summed E-state index contributed by atoms with van der Waals surface area (Å²) in [7, 11) is 0. The Hall–Kier alpha value is -6.21. The summed E-state index contributed by atoms with van der Waals surface area (Å²) in [5, 5.41) is 27.9. The molecule has 3 N–H and O–H groups in total. The van der Waals surface area contributed by atoms with Crippen molar-refractivity contribution in [2.75, 3.05) is 36.4 Å². The topological polar surface area (TPSA) is 178 Å². The van der Waals surface area contributed by atoms with Crippen molar-refractivity contribution in [1.29, 1.82) is 5.26 Å². The number of nitriles is 1. The van der Waals surface area contributed by atoms with Crippen molar-refractivity contribution < 1.29 is 18.8 Å². The van der Waals surface area contributed by atoms with E-state index in [1.54, 1.807) is 10.7 Å². The molecule has 4 fully saturated rings. The quantitative estimate of drug-likeness (QED) is 0.119. The van der Waals surface area contributed by atoms with Crippen molar-refractivity contribution in [3.8, 4) is 28.6 Å². The molecule has 16 heteroatoms. The number of carbonyl (C=O) groups excluding carboxylic acids is 3. The van der Waals surface area contributed by atoms with Crippen LogP contribution in [0.25, 0.3) is 28.0 Å². The van der Waals surface area contributed by atoms with Gasteiger partial charge in [0.1, 0.15) is 34.8 Å². The molecule has 15 nitrogen and oxygen atoms in total. The zero-order chi connectivity index (χ0) is 44.5. The van der Waals surface area contributed by atoms with Gasteiger partial charge < -0.3 is 20.4 Å². The minimum absolute atomic E-state index is 0.108. The maximum atomic E-state index is 15.4. The summed E-state index contributed by atoms with van der Waals surface area (Å²) in [5.41, 5.74) is 4.94. The summed E-state index contributed by atoms with van der Waals surface area (Å²) in [6.45, 7) is 9.43. The number of halogens is 1. The Balaban J connectivity index is 0.816. The Bertz CT molecular complexity index is 2560. The van der Waals surface area contributed by atoms with Gasteiger partial charge in [-0.05, 0) is 127 Å². The lowest BCUT2D eigenvalue weighted by molar-refractivity contribution is -0.134. The average Bonchev–Trinajstić information content (AvgIpc) is 3.98. The van der Waals surface area contributed by atoms with E-state index >= 15 is 4.39 Å². The van der Waals surface area contributed by atoms with Crippen LogP contribution < -0.4 is 20.9 Å². The Morgan fingerprint density at radius 2 is 1.70 bits per heavy atom. The number of nitrogens with zero attached hydrogens (tertiary/aromatic N) is 9. The van der Waals surface area contributed by atoms with Crippen LogP contribution in [0.2, 0.25) is 0 Å². The second-order valence-corrected chi connectivity index (χ2v) is 18.5. The number of pyridine rings is 1. The molecule has 334 valence electrons. The third-order valence-corrected chi connectivity index (χ3v) is 14.3. The number of hydrogen-bond donors (Lipinski definition) is 3. The minimum Gasteiger partial charge on any atom is -0.374 e. The van der Waals surface area contributed by atoms with Gasteiger partial charge in [-0.1, -0.05) is 13.0 Å². The highest BCUT2D eigenvalue weighted by Crippen LogP contribution is 2.39. The summed E-state index contributed by atoms with van der Waals surface area (Å²) >= 11 is 0. The number of piperidine rings is 3. The van der Waals surface area contributed by atoms with Crippen molar-refractivity contribution >= 4 is 34.7 Å². The molecule has 64 heavy (non-hydrogen) atoms. The fourth-order valence-corrected chi connectivity index (χ4v) is 10.4. The van der Waals surface area contributed by atoms with E-state index in [9.17, 15) is 19.6 Å². The lowest BCUT2D eigenvalue weighted by Gasteiger charge is -2.41. The van der Waals surface area contributed by atoms with Crippen molar-refractivity contribution in [3.63, 3.8) is 0 Å². The number of carbonyl (C=O) groups is 3. The highest BCUT2D eigenvalue weighted by Gasteiger charge is 2.40. The van der Waals surface area contributed by atoms with Crippen molar-refractivity contribution in [3.05, 3.63) is 78.3 Å². The fourth-order valence-electron chi connectivity index (χ4n) is 10.4. The van der Waals surface area contributed by atoms with Crippen molar-refractivity contribution in [2.45, 2.75) is 121 Å². The van der Waals surface area contributed by atoms with Gasteiger partial charge in [-0.3, -0.25) is 24.4 Å². The van der Waals surface area contributed by atoms with Gasteiger partial charge >= 0.3 is 0 Å². The van der Waals surface area contributed by atoms with Crippen LogP contribution in [0.15, 0.2) is 61.3 Å². The predicted molar refractivity (Wildman–Crippen MR) is 241 cm³/mol. The molecule has 1 saturated carbocycles. The molecule has 0 spiro atoms. The summed E-state index contributed by atoms with van der Waals surface area (Å²) in [4.78, 5) is 51.6. The monoisotopic (exact) mass is 868 g/mol. The van der Waals surface area contributed by atoms with E-state index in [0.29, 0.717) is 40.6 Å². The largest absolute Gasteiger partial charge is 0.374 e. The van der Waals surface area contributed by atoms with E-state index in [-0.39, 0.29) is 53.4 Å². The number of fused-ring (bicyclic) bond motifs is 1. The highest BCUT2D eigenvalue weighted by molar-refractivity contribution is 6.01. The Morgan fingerprint density at radius 1 is 0.938 bits per heavy atom. The number of aromatic nitrogens is 6. The molecule has 3 aliphatic heterocycles. The van der Waals surface area contributed by atoms with Gasteiger partial charge in [-0.15, -0.1) is 0 Å². The Morgan fingerprint density at radius 3 is 2.38 bits per heavy atom. The van der Waals surface area contributed by atoms with Crippen LogP contribution in [0.4, 0.5) is 15.9 Å². The molecule has 4 aliphatic rings. The number of hydrogen-bond acceptors (Lipinski definition) is 11. The summed E-state index contributed by atoms with van der Waals surface area (Å²) in [6.07, 6.45) is 18.1. The molecule has 3 saturated heterocycles. The average molecular weight is 869 g/mol. The van der Waals surface area contributed by atoms with E-state index in [1.165, 1.54) is 6.07 Å². The molecule has 5 aromatic rings. The number of imide groups is 1. The van der Waals surface area contributed by atoms with Gasteiger partial charge in [0.05, 0.1) is 41.4 Å². The molecule has 0 bridgehead atoms. The minimum atomic E-state index is -0.547. The predicted octanol–water partition coefficient (Wildman–Crippen LogP) is 6.77. The number of amides is 3. The molecule has 1 unspecified atom stereocenters. The molecule has 3 amide bonds. The number of nitrogens with one attached hydrogen (secondary N) is 3. The smallest absolute Gasteiger partial charge is 0.249 e. The first-order chi connectivity index (χ1) is 31.0. The Labute approximate surface area is 372 Å². The van der Waals surface area contributed by atoms with Crippen LogP contribution in [-0.2, 0) is 14.4 Å². The standard InChI is InChI=1S/C48H57FN12O3/c1-4-48(47(64)54-30(2)3)17-21-59(22-18-48)42-13-5-32(25-51-42)44-45-33(24-50)26-53-61(45)29-41(56-44)34-27-52-60(28-34)37-9-7-36(8-10-37)58-19-15-31(16-20-58)38-11-6-35(23-39(38)49)55-40-12-14-43(62)57-46(40)63/h5-6,11,13,23,25-31,36-37,40,55H,4,7-10,12,14-22H2,1-3H3,(H,54,64)(H,57,62,63). The zero-order valence-electron chi connectivity index (χ0n) is 36.9. The highest BCUT2D eigenvalue weighted by atomic mass is 19.1. The third kappa shape index (κ3) is 8.69. The summed E-state index contributed by atoms with van der Waals surface area (Å²) < 4.78 is 19.2. The fraction of sp³-hybridized carbons (Fsp3) is 0.500. The van der Waals surface area contributed by atoms with Gasteiger partial charge in [0.2, 0.25) is 17.7 Å². The number of likely N-dealkylation sites (tertiary alicyclic amines) is 1. The number of anilines is 2. The zero-order valence-corrected chi connectivity index (χ0v) is 36.9. The van der Waals surface area contributed by atoms with E-state index < -0.39 is 6.04 Å². The van der Waals surface area contributed by atoms with Crippen molar-refractivity contribution in [2.24, 2.45) is 5.41 Å². The molecular formula is C48H57FN12O3. The first-order valence-corrected chi connectivity index (χ1v) is 23.0. The van der Waals surface area contributed by atoms with Gasteiger partial charge in [-0.2, -0.15) is 15.5 Å². The first-order valence-electron chi connectivity index (χ1n) is 23.0. The molecule has 0 radical (unpaired) electrons. The SMILES string of the molecule is CCC1(C(=O)NC(C)C)CCN(c2ccc(-c3nc(-c4cnn(C5CCC(N6CCC(c7ccc(NC8CCC(=O)NC8=O)cc7F)CC6)CC5)c4)cn4ncc(C#N)c34)cn2)CC1. The molecule has 1 atom stereocenters. The first kappa shape index (κ1) is 43.1. The van der Waals surface area contributed by atoms with Crippen LogP contribution in [0.1, 0.15) is 114 Å². The van der Waals surface area contributed by atoms with Crippen molar-refractivity contribution in [1.82, 2.24) is 44.9 Å². The number of benzene rings is 1. The van der Waals surface area contributed by atoms with Crippen LogP contribution in [0, 0.1) is 22.6 Å². The molecule has 7 heterocycles. The van der Waals surface area contributed by atoms with Gasteiger partial charge in [0.15, 0.2) is 0 Å². The van der Waals surface area contributed by atoms with Crippen LogP contribution in [-0.4, -0.2) is 96.3 Å². The second kappa shape index (κ2) is 18.1. The summed E-state index contributed by atoms with van der Waals surface area (Å²) in [5.74, 6) is 0.229. The third-order valence-electron chi connectivity index (χ3n) is 14.3. The van der Waals surface area contributed by atoms with E-state index in [1.807, 2.05) is 56.7 Å². The van der Waals surface area contributed by atoms with Crippen LogP contribution in [0.5, 0.6) is 0 Å². The number of rotatable bonds is 11. The lowest BCUT2D eigenvalue weighted by Crippen LogP contribution is -2.50. The maximum absolute atomic E-state index is 15.4. The van der Waals surface area contributed by atoms with Crippen LogP contribution in [0.3, 0.4) is 0 Å². The molecule has 1 aromatic carbocycles. The molecular weight excluding hydrogens is 812 g/mol. The van der Waals surface area contributed by atoms with E-state index in [0.717, 1.165) is 106 Å². The summed E-state index contributed by atoms with van der Waals surface area (Å²) in [6, 6.07) is 11.7. The second-order valence-electron chi connectivity index (χ2n) is 18.5. The van der Waals surface area contributed by atoms with Gasteiger partial charge in [-0.25, -0.2) is 18.9 Å². The lowest BCUT2D eigenvalue weighted by atomic mass is 9.75. The van der Waals surface area contributed by atoms with E-state index in [4.69, 9.17) is 15.1 Å². The Kier molecular flexibility index (Phi) is 12.2. The molecule has 9 rings (SSSR count). The maximum Gasteiger partial charge on any atom is 0.249 e. The van der Waals surface area contributed by atoms with E-state index in [2.05, 4.69) is 54.7 Å². The normalized spacial score (nSPS) is 22.1. The van der Waals surface area contributed by atoms with Crippen LogP contribution >= 0.6 is 0 Å². The van der Waals surface area contributed by atoms with Gasteiger partial charge in [0.25, 0.3) is 0 Å². The molecule has 4 aromatic heterocycles. The van der Waals surface area contributed by atoms with Gasteiger partial charge in [0, 0.05) is 60.8 Å². The molecule has 1 aliphatic carbocycles.